The second-order valence-corrected chi connectivity index (χ2v) is 26.2. The number of ketones is 1. The highest BCUT2D eigenvalue weighted by Crippen LogP contribution is 2.39. The van der Waals surface area contributed by atoms with Gasteiger partial charge in [-0.25, -0.2) is 0 Å². The maximum absolute atomic E-state index is 13.5. The lowest BCUT2D eigenvalue weighted by Gasteiger charge is -2.39. The Hall–Kier alpha value is -1.90. The summed E-state index contributed by atoms with van der Waals surface area (Å²) >= 11 is 0. The summed E-state index contributed by atoms with van der Waals surface area (Å²) in [4.78, 5) is 13.5. The molecule has 0 bridgehead atoms. The molecule has 0 amide bonds. The third kappa shape index (κ3) is 4.52. The quantitative estimate of drug-likeness (QED) is 0.410. The molecule has 0 saturated heterocycles. The van der Waals surface area contributed by atoms with Crippen LogP contribution in [-0.2, 0) is 0 Å². The van der Waals surface area contributed by atoms with Crippen LogP contribution in [0, 0.1) is 0 Å². The molecule has 0 fully saturated rings. The number of rotatable bonds is 5. The molecule has 0 saturated carbocycles. The summed E-state index contributed by atoms with van der Waals surface area (Å²) in [5.74, 6) is 1.79. The fraction of sp³-hybridized carbons (Fsp3) is 0.464. The van der Waals surface area contributed by atoms with E-state index in [1.54, 1.807) is 0 Å². The normalized spacial score (nSPS) is 15.9. The summed E-state index contributed by atoms with van der Waals surface area (Å²) in [7, 11) is -6.39. The maximum Gasteiger partial charge on any atom is 0.250 e. The van der Waals surface area contributed by atoms with Crippen molar-refractivity contribution >= 4 is 40.9 Å². The number of benzene rings is 2. The van der Waals surface area contributed by atoms with Gasteiger partial charge in [0, 0.05) is 11.1 Å². The van der Waals surface area contributed by atoms with E-state index in [0.717, 1.165) is 33.0 Å². The highest BCUT2D eigenvalue weighted by atomic mass is 28.4. The van der Waals surface area contributed by atoms with Crippen molar-refractivity contribution < 1.29 is 13.6 Å². The first-order valence-electron chi connectivity index (χ1n) is 12.2. The molecule has 3 rings (SSSR count). The number of carbonyl (C=O) groups is 1. The van der Waals surface area contributed by atoms with Crippen molar-refractivity contribution in [3.63, 3.8) is 0 Å². The molecule has 0 aromatic heterocycles. The Bertz CT molecular complexity index is 1050. The minimum absolute atomic E-state index is 0.0783. The molecule has 0 atom stereocenters. The molecule has 0 spiro atoms. The van der Waals surface area contributed by atoms with E-state index < -0.39 is 24.7 Å². The summed E-state index contributed by atoms with van der Waals surface area (Å²) in [6, 6.07) is 12.1. The molecule has 0 unspecified atom stereocenters. The summed E-state index contributed by atoms with van der Waals surface area (Å²) in [6.07, 6.45) is 0. The first-order valence-corrected chi connectivity index (χ1v) is 20.6. The fourth-order valence-electron chi connectivity index (χ4n) is 3.83. The van der Waals surface area contributed by atoms with Gasteiger partial charge in [-0.3, -0.25) is 4.79 Å². The SMILES string of the molecule is C=C[Si]1(C)c2cc(O[Si](C)(C)C(C)(C)C)ccc2C(=O)c2ccc(O[Si](C)(C)C(C)(C)C)cc21. The topological polar surface area (TPSA) is 35.5 Å². The van der Waals surface area contributed by atoms with E-state index >= 15 is 0 Å². The molecule has 2 aromatic carbocycles. The van der Waals surface area contributed by atoms with E-state index in [-0.39, 0.29) is 15.9 Å². The van der Waals surface area contributed by atoms with Crippen molar-refractivity contribution in [2.75, 3.05) is 0 Å². The number of carbonyl (C=O) groups excluding carboxylic acids is 1. The summed E-state index contributed by atoms with van der Waals surface area (Å²) in [5, 5.41) is 2.36. The van der Waals surface area contributed by atoms with Crippen molar-refractivity contribution in [1.82, 2.24) is 0 Å². The molecule has 184 valence electrons. The van der Waals surface area contributed by atoms with Gasteiger partial charge in [0.1, 0.15) is 19.6 Å². The van der Waals surface area contributed by atoms with Crippen molar-refractivity contribution in [3.8, 4) is 11.5 Å². The minimum Gasteiger partial charge on any atom is -0.544 e. The van der Waals surface area contributed by atoms with Gasteiger partial charge in [0.05, 0.1) is 0 Å². The van der Waals surface area contributed by atoms with Gasteiger partial charge in [-0.1, -0.05) is 53.8 Å². The van der Waals surface area contributed by atoms with E-state index in [4.69, 9.17) is 8.85 Å². The van der Waals surface area contributed by atoms with Gasteiger partial charge in [0.2, 0.25) is 16.6 Å². The van der Waals surface area contributed by atoms with Crippen LogP contribution < -0.4 is 19.2 Å². The van der Waals surface area contributed by atoms with Gasteiger partial charge < -0.3 is 8.85 Å². The summed E-state index contributed by atoms with van der Waals surface area (Å²) in [6.45, 7) is 29.0. The van der Waals surface area contributed by atoms with Crippen LogP contribution in [0.1, 0.15) is 57.5 Å². The minimum atomic E-state index is -2.39. The molecular weight excluding hydrogens is 469 g/mol. The monoisotopic (exact) mass is 510 g/mol. The van der Waals surface area contributed by atoms with E-state index in [9.17, 15) is 4.79 Å². The Kier molecular flexibility index (Phi) is 6.56. The summed E-state index contributed by atoms with van der Waals surface area (Å²) in [5.41, 5.74) is 3.65. The van der Waals surface area contributed by atoms with E-state index in [2.05, 4.69) is 98.7 Å². The lowest BCUT2D eigenvalue weighted by Crippen LogP contribution is -2.61. The van der Waals surface area contributed by atoms with Crippen LogP contribution in [0.5, 0.6) is 11.5 Å². The van der Waals surface area contributed by atoms with Crippen LogP contribution in [0.25, 0.3) is 0 Å². The molecule has 3 nitrogen and oxygen atoms in total. The van der Waals surface area contributed by atoms with Crippen molar-refractivity contribution in [2.45, 2.75) is 84.4 Å². The lowest BCUT2D eigenvalue weighted by molar-refractivity contribution is 0.104. The third-order valence-corrected chi connectivity index (χ3v) is 21.0. The summed E-state index contributed by atoms with van der Waals surface area (Å²) < 4.78 is 13.2. The Labute approximate surface area is 209 Å². The molecule has 34 heavy (non-hydrogen) atoms. The molecule has 1 aliphatic rings. The van der Waals surface area contributed by atoms with Crippen LogP contribution in [0.15, 0.2) is 48.7 Å². The van der Waals surface area contributed by atoms with Gasteiger partial charge >= 0.3 is 0 Å². The number of hydrogen-bond donors (Lipinski definition) is 0. The highest BCUT2D eigenvalue weighted by Gasteiger charge is 2.43. The van der Waals surface area contributed by atoms with Gasteiger partial charge in [0.25, 0.3) is 0 Å². The Balaban J connectivity index is 2.11. The zero-order chi connectivity index (χ0) is 25.9. The predicted molar refractivity (Wildman–Crippen MR) is 153 cm³/mol. The van der Waals surface area contributed by atoms with E-state index in [1.807, 2.05) is 24.3 Å². The molecule has 6 heteroatoms. The van der Waals surface area contributed by atoms with Crippen LogP contribution in [-0.4, -0.2) is 30.5 Å². The second-order valence-electron chi connectivity index (χ2n) is 12.9. The molecule has 0 aliphatic carbocycles. The maximum atomic E-state index is 13.5. The smallest absolute Gasteiger partial charge is 0.250 e. The predicted octanol–water partition coefficient (Wildman–Crippen LogP) is 6.92. The lowest BCUT2D eigenvalue weighted by atomic mass is 10.0. The molecule has 0 N–H and O–H groups in total. The van der Waals surface area contributed by atoms with Crippen LogP contribution in [0.4, 0.5) is 0 Å². The average Bonchev–Trinajstić information content (AvgIpc) is 2.69. The van der Waals surface area contributed by atoms with E-state index in [0.29, 0.717) is 0 Å². The number of fused-ring (bicyclic) bond motifs is 2. The number of hydrogen-bond acceptors (Lipinski definition) is 3. The van der Waals surface area contributed by atoms with Crippen LogP contribution >= 0.6 is 0 Å². The van der Waals surface area contributed by atoms with Crippen molar-refractivity contribution in [1.29, 1.82) is 0 Å². The Morgan fingerprint density at radius 1 is 0.765 bits per heavy atom. The van der Waals surface area contributed by atoms with Crippen molar-refractivity contribution in [2.24, 2.45) is 0 Å². The Morgan fingerprint density at radius 3 is 1.41 bits per heavy atom. The van der Waals surface area contributed by atoms with Crippen molar-refractivity contribution in [3.05, 3.63) is 59.8 Å². The van der Waals surface area contributed by atoms with Gasteiger partial charge in [-0.2, -0.15) is 0 Å². The van der Waals surface area contributed by atoms with Gasteiger partial charge in [-0.05, 0) is 83.0 Å². The first-order chi connectivity index (χ1) is 15.3. The zero-order valence-corrected chi connectivity index (χ0v) is 26.0. The van der Waals surface area contributed by atoms with Crippen LogP contribution in [0.2, 0.25) is 42.8 Å². The molecule has 0 radical (unpaired) electrons. The average molecular weight is 511 g/mol. The molecule has 2 aromatic rings. The van der Waals surface area contributed by atoms with E-state index in [1.165, 1.54) is 0 Å². The fourth-order valence-corrected chi connectivity index (χ4v) is 9.01. The van der Waals surface area contributed by atoms with Crippen LogP contribution in [0.3, 0.4) is 0 Å². The standard InChI is InChI=1S/C28H42O3Si3/c1-13-34(12)24-18-20(30-32(8,9)27(2,3)4)14-16-22(24)26(29)23-17-15-21(19-25(23)34)31-33(10,11)28(5,6)7/h13-19H,1H2,2-12H3. The molecule has 1 heterocycles. The third-order valence-electron chi connectivity index (χ3n) is 8.36. The highest BCUT2D eigenvalue weighted by molar-refractivity contribution is 7.07. The Morgan fingerprint density at radius 2 is 1.12 bits per heavy atom. The van der Waals surface area contributed by atoms with Gasteiger partial charge in [-0.15, -0.1) is 6.58 Å². The second kappa shape index (κ2) is 8.35. The molecular formula is C28H42O3Si3. The largest absolute Gasteiger partial charge is 0.544 e. The zero-order valence-electron chi connectivity index (χ0n) is 23.0. The first kappa shape index (κ1) is 26.7. The van der Waals surface area contributed by atoms with Gasteiger partial charge in [0.15, 0.2) is 5.78 Å². The molecule has 1 aliphatic heterocycles.